The van der Waals surface area contributed by atoms with Gasteiger partial charge in [-0.25, -0.2) is 0 Å². The average Bonchev–Trinajstić information content (AvgIpc) is 3.32. The molecule has 306 valence electrons. The van der Waals surface area contributed by atoms with E-state index in [-0.39, 0.29) is 10.8 Å². The molecule has 0 aliphatic heterocycles. The molecule has 10 aromatic carbocycles. The van der Waals surface area contributed by atoms with Gasteiger partial charge < -0.3 is 4.90 Å². The van der Waals surface area contributed by atoms with Crippen LogP contribution in [-0.4, -0.2) is 0 Å². The highest BCUT2D eigenvalue weighted by molar-refractivity contribution is 6.33. The molecule has 0 amide bonds. The lowest BCUT2D eigenvalue weighted by molar-refractivity contribution is 0.590. The van der Waals surface area contributed by atoms with Crippen molar-refractivity contribution in [2.75, 3.05) is 4.90 Å². The van der Waals surface area contributed by atoms with Gasteiger partial charge >= 0.3 is 0 Å². The number of hydrogen-bond donors (Lipinski definition) is 0. The molecule has 10 rings (SSSR count). The lowest BCUT2D eigenvalue weighted by atomic mass is 9.81. The third-order valence-corrected chi connectivity index (χ3v) is 12.8. The molecule has 0 aliphatic carbocycles. The van der Waals surface area contributed by atoms with E-state index in [1.54, 1.807) is 0 Å². The highest BCUT2D eigenvalue weighted by Crippen LogP contribution is 2.50. The predicted molar refractivity (Wildman–Crippen MR) is 273 cm³/mol. The Kier molecular flexibility index (Phi) is 10.1. The lowest BCUT2D eigenvalue weighted by Crippen LogP contribution is -2.14. The van der Waals surface area contributed by atoms with Crippen molar-refractivity contribution in [1.82, 2.24) is 0 Å². The number of anilines is 3. The molecule has 0 saturated heterocycles. The first kappa shape index (κ1) is 39.9. The number of fused-ring (bicyclic) bond motifs is 6. The molecule has 10 aromatic rings. The second-order valence-electron chi connectivity index (χ2n) is 19.0. The van der Waals surface area contributed by atoms with Gasteiger partial charge in [0.1, 0.15) is 0 Å². The second-order valence-corrected chi connectivity index (χ2v) is 19.0. The zero-order valence-corrected chi connectivity index (χ0v) is 37.2. The summed E-state index contributed by atoms with van der Waals surface area (Å²) in [5, 5.41) is 7.47. The van der Waals surface area contributed by atoms with Gasteiger partial charge in [0.25, 0.3) is 0 Å². The summed E-state index contributed by atoms with van der Waals surface area (Å²) < 4.78 is 0. The van der Waals surface area contributed by atoms with Crippen LogP contribution in [0.3, 0.4) is 0 Å². The first-order chi connectivity index (χ1) is 30.5. The molecule has 0 aliphatic rings. The van der Waals surface area contributed by atoms with Crippen LogP contribution in [0.15, 0.2) is 212 Å². The van der Waals surface area contributed by atoms with Gasteiger partial charge in [-0.3, -0.25) is 0 Å². The van der Waals surface area contributed by atoms with Crippen molar-refractivity contribution in [3.63, 3.8) is 0 Å². The Morgan fingerprint density at radius 3 is 1.24 bits per heavy atom. The first-order valence-electron chi connectivity index (χ1n) is 22.3. The summed E-state index contributed by atoms with van der Waals surface area (Å²) in [5.41, 5.74) is 15.8. The van der Waals surface area contributed by atoms with Crippen LogP contribution in [0.2, 0.25) is 0 Å². The van der Waals surface area contributed by atoms with Crippen molar-refractivity contribution in [1.29, 1.82) is 0 Å². The molecular weight excluding hydrogens is 759 g/mol. The van der Waals surface area contributed by atoms with Gasteiger partial charge in [0.05, 0.1) is 0 Å². The van der Waals surface area contributed by atoms with Gasteiger partial charge in [-0.15, -0.1) is 0 Å². The maximum atomic E-state index is 2.45. The van der Waals surface area contributed by atoms with E-state index in [0.29, 0.717) is 0 Å². The SMILES string of the molecule is CC(C)(C)c1ccc(N(c2ccc(C(C)(C)C)cc2)c2ccc3c(c2)c2ccccc2c2c(-c4ccc(-c5ccccc5)cc4)cc(-c4ccccc4)c(-c4ccccc4)c32)cc1. The minimum atomic E-state index is 0.0541. The van der Waals surface area contributed by atoms with E-state index < -0.39 is 0 Å². The van der Waals surface area contributed by atoms with Crippen LogP contribution >= 0.6 is 0 Å². The Labute approximate surface area is 372 Å². The number of rotatable bonds is 7. The summed E-state index contributed by atoms with van der Waals surface area (Å²) in [6.07, 6.45) is 0. The molecule has 0 aromatic heterocycles. The molecule has 63 heavy (non-hydrogen) atoms. The van der Waals surface area contributed by atoms with Gasteiger partial charge in [0, 0.05) is 17.1 Å². The van der Waals surface area contributed by atoms with Crippen molar-refractivity contribution in [3.8, 4) is 44.5 Å². The topological polar surface area (TPSA) is 3.24 Å². The summed E-state index contributed by atoms with van der Waals surface area (Å²) in [5.74, 6) is 0. The fourth-order valence-corrected chi connectivity index (χ4v) is 9.40. The highest BCUT2D eigenvalue weighted by Gasteiger charge is 2.24. The van der Waals surface area contributed by atoms with Crippen molar-refractivity contribution in [3.05, 3.63) is 223 Å². The summed E-state index contributed by atoms with van der Waals surface area (Å²) in [4.78, 5) is 2.43. The summed E-state index contributed by atoms with van der Waals surface area (Å²) in [6, 6.07) is 78.7. The third-order valence-electron chi connectivity index (χ3n) is 12.8. The van der Waals surface area contributed by atoms with Crippen LogP contribution in [0.1, 0.15) is 52.7 Å². The van der Waals surface area contributed by atoms with E-state index in [2.05, 4.69) is 259 Å². The molecule has 0 saturated carbocycles. The molecule has 0 unspecified atom stereocenters. The zero-order chi connectivity index (χ0) is 43.3. The lowest BCUT2D eigenvalue weighted by Gasteiger charge is -2.29. The largest absolute Gasteiger partial charge is 0.310 e. The molecule has 0 fully saturated rings. The maximum Gasteiger partial charge on any atom is 0.0468 e. The smallest absolute Gasteiger partial charge is 0.0468 e. The van der Waals surface area contributed by atoms with E-state index in [0.717, 1.165) is 17.1 Å². The van der Waals surface area contributed by atoms with E-state index in [4.69, 9.17) is 0 Å². The highest BCUT2D eigenvalue weighted by atomic mass is 15.1. The molecule has 1 heteroatoms. The molecule has 0 N–H and O–H groups in total. The van der Waals surface area contributed by atoms with Crippen molar-refractivity contribution in [2.45, 2.75) is 52.4 Å². The predicted octanol–water partition coefficient (Wildman–Crippen LogP) is 17.9. The molecule has 0 spiro atoms. The van der Waals surface area contributed by atoms with Crippen molar-refractivity contribution < 1.29 is 0 Å². The average molecular weight is 812 g/mol. The van der Waals surface area contributed by atoms with Crippen LogP contribution < -0.4 is 4.90 Å². The van der Waals surface area contributed by atoms with Crippen molar-refractivity contribution >= 4 is 49.4 Å². The monoisotopic (exact) mass is 811 g/mol. The van der Waals surface area contributed by atoms with Crippen LogP contribution in [0.5, 0.6) is 0 Å². The number of benzene rings is 10. The van der Waals surface area contributed by atoms with Gasteiger partial charge in [0.2, 0.25) is 0 Å². The normalized spacial score (nSPS) is 12.0. The van der Waals surface area contributed by atoms with E-state index in [1.165, 1.54) is 88.0 Å². The van der Waals surface area contributed by atoms with Crippen molar-refractivity contribution in [2.24, 2.45) is 0 Å². The summed E-state index contributed by atoms with van der Waals surface area (Å²) in [6.45, 7) is 13.7. The van der Waals surface area contributed by atoms with Crippen LogP contribution in [0.4, 0.5) is 17.1 Å². The minimum absolute atomic E-state index is 0.0541. The quantitative estimate of drug-likeness (QED) is 0.145. The zero-order valence-electron chi connectivity index (χ0n) is 37.2. The molecule has 1 nitrogen and oxygen atoms in total. The Morgan fingerprint density at radius 1 is 0.286 bits per heavy atom. The second kappa shape index (κ2) is 15.9. The maximum absolute atomic E-state index is 2.45. The van der Waals surface area contributed by atoms with Crippen LogP contribution in [-0.2, 0) is 10.8 Å². The minimum Gasteiger partial charge on any atom is -0.310 e. The Hall–Kier alpha value is -7.22. The van der Waals surface area contributed by atoms with Gasteiger partial charge in [-0.2, -0.15) is 0 Å². The molecule has 0 radical (unpaired) electrons. The number of hydrogen-bond acceptors (Lipinski definition) is 1. The molecule has 0 bridgehead atoms. The molecule has 0 heterocycles. The third kappa shape index (κ3) is 7.49. The van der Waals surface area contributed by atoms with Gasteiger partial charge in [-0.05, 0) is 141 Å². The van der Waals surface area contributed by atoms with Gasteiger partial charge in [-0.1, -0.05) is 211 Å². The van der Waals surface area contributed by atoms with Gasteiger partial charge in [0.15, 0.2) is 0 Å². The van der Waals surface area contributed by atoms with Crippen LogP contribution in [0.25, 0.3) is 76.8 Å². The molecule has 0 atom stereocenters. The van der Waals surface area contributed by atoms with E-state index >= 15 is 0 Å². The Bertz CT molecular complexity index is 3170. The van der Waals surface area contributed by atoms with Crippen LogP contribution in [0, 0.1) is 0 Å². The Balaban J connectivity index is 1.29. The number of nitrogens with zero attached hydrogens (tertiary/aromatic N) is 1. The summed E-state index contributed by atoms with van der Waals surface area (Å²) in [7, 11) is 0. The first-order valence-corrected chi connectivity index (χ1v) is 22.3. The Morgan fingerprint density at radius 2 is 0.698 bits per heavy atom. The molecular formula is C62H53N. The fourth-order valence-electron chi connectivity index (χ4n) is 9.40. The standard InChI is InChI=1S/C62H53N/c1-61(2,3)47-30-34-49(35-31-47)63(50-36-32-48(33-37-50)62(4,5)6)51-38-39-54-57(40-51)52-24-16-17-25-53(52)59-56(45-28-26-43(27-29-45)42-18-10-7-11-19-42)41-55(44-20-12-8-13-21-44)58(60(54)59)46-22-14-9-15-23-46/h7-41H,1-6H3. The van der Waals surface area contributed by atoms with E-state index in [9.17, 15) is 0 Å². The summed E-state index contributed by atoms with van der Waals surface area (Å²) >= 11 is 0. The fraction of sp³-hybridized carbons (Fsp3) is 0.129. The van der Waals surface area contributed by atoms with E-state index in [1.807, 2.05) is 0 Å².